The van der Waals surface area contributed by atoms with Crippen molar-refractivity contribution in [3.05, 3.63) is 27.9 Å². The SMILES string of the molecule is Cn1ncc(-c2cc3c(c(Br)c2O)CCC3)c1N. The summed E-state index contributed by atoms with van der Waals surface area (Å²) in [6.07, 6.45) is 4.91. The summed E-state index contributed by atoms with van der Waals surface area (Å²) in [5.41, 5.74) is 10.0. The van der Waals surface area contributed by atoms with Gasteiger partial charge in [-0.25, -0.2) is 0 Å². The minimum atomic E-state index is 0.260. The summed E-state index contributed by atoms with van der Waals surface area (Å²) in [6.45, 7) is 0. The van der Waals surface area contributed by atoms with Gasteiger partial charge >= 0.3 is 0 Å². The third kappa shape index (κ3) is 1.54. The average molecular weight is 308 g/mol. The fraction of sp³-hybridized carbons (Fsp3) is 0.308. The first-order chi connectivity index (χ1) is 8.59. The van der Waals surface area contributed by atoms with Crippen molar-refractivity contribution in [2.24, 2.45) is 7.05 Å². The highest BCUT2D eigenvalue weighted by molar-refractivity contribution is 9.10. The van der Waals surface area contributed by atoms with Crippen LogP contribution in [0.3, 0.4) is 0 Å². The van der Waals surface area contributed by atoms with E-state index in [-0.39, 0.29) is 5.75 Å². The van der Waals surface area contributed by atoms with Crippen molar-refractivity contribution in [1.82, 2.24) is 9.78 Å². The highest BCUT2D eigenvalue weighted by Gasteiger charge is 2.22. The first kappa shape index (κ1) is 11.6. The number of phenolic OH excluding ortho intramolecular Hbond substituents is 1. The maximum absolute atomic E-state index is 10.3. The maximum Gasteiger partial charge on any atom is 0.138 e. The predicted octanol–water partition coefficient (Wildman–Crippen LogP) is 2.63. The van der Waals surface area contributed by atoms with E-state index in [1.165, 1.54) is 11.1 Å². The lowest BCUT2D eigenvalue weighted by Gasteiger charge is -2.11. The Morgan fingerprint density at radius 3 is 2.83 bits per heavy atom. The van der Waals surface area contributed by atoms with Gasteiger partial charge in [0.25, 0.3) is 0 Å². The number of rotatable bonds is 1. The Bertz CT molecular complexity index is 634. The van der Waals surface area contributed by atoms with E-state index in [4.69, 9.17) is 5.73 Å². The first-order valence-electron chi connectivity index (χ1n) is 5.90. The molecule has 0 aliphatic heterocycles. The zero-order chi connectivity index (χ0) is 12.9. The number of fused-ring (bicyclic) bond motifs is 1. The zero-order valence-electron chi connectivity index (χ0n) is 10.1. The number of halogens is 1. The second-order valence-electron chi connectivity index (χ2n) is 4.65. The second kappa shape index (κ2) is 4.02. The number of aryl methyl sites for hydroxylation is 2. The van der Waals surface area contributed by atoms with Crippen molar-refractivity contribution in [3.8, 4) is 16.9 Å². The maximum atomic E-state index is 10.3. The number of nitrogen functional groups attached to an aromatic ring is 1. The largest absolute Gasteiger partial charge is 0.506 e. The Morgan fingerprint density at radius 1 is 1.39 bits per heavy atom. The van der Waals surface area contributed by atoms with Gasteiger partial charge in [-0.05, 0) is 52.4 Å². The predicted molar refractivity (Wildman–Crippen MR) is 74.4 cm³/mol. The smallest absolute Gasteiger partial charge is 0.138 e. The lowest BCUT2D eigenvalue weighted by atomic mass is 10.0. The van der Waals surface area contributed by atoms with E-state index >= 15 is 0 Å². The molecule has 4 nitrogen and oxygen atoms in total. The van der Waals surface area contributed by atoms with E-state index in [9.17, 15) is 5.11 Å². The van der Waals surface area contributed by atoms with Crippen LogP contribution in [0.2, 0.25) is 0 Å². The van der Waals surface area contributed by atoms with Crippen molar-refractivity contribution in [3.63, 3.8) is 0 Å². The summed E-state index contributed by atoms with van der Waals surface area (Å²) in [5.74, 6) is 0.825. The van der Waals surface area contributed by atoms with Gasteiger partial charge in [0.05, 0.1) is 10.7 Å². The van der Waals surface area contributed by atoms with E-state index in [2.05, 4.69) is 21.0 Å². The molecule has 1 aromatic carbocycles. The molecule has 1 aromatic heterocycles. The molecule has 0 saturated carbocycles. The normalized spacial score (nSPS) is 13.9. The Labute approximate surface area is 114 Å². The van der Waals surface area contributed by atoms with Gasteiger partial charge in [0.2, 0.25) is 0 Å². The number of nitrogens with two attached hydrogens (primary N) is 1. The van der Waals surface area contributed by atoms with Gasteiger partial charge in [-0.15, -0.1) is 0 Å². The standard InChI is InChI=1S/C13H14BrN3O/c1-17-13(15)10(6-16-17)9-5-7-3-2-4-8(7)11(14)12(9)18/h5-6,18H,2-4,15H2,1H3. The van der Waals surface area contributed by atoms with Gasteiger partial charge in [0.15, 0.2) is 0 Å². The van der Waals surface area contributed by atoms with Gasteiger partial charge in [-0.1, -0.05) is 0 Å². The number of aromatic nitrogens is 2. The molecule has 1 aliphatic carbocycles. The van der Waals surface area contributed by atoms with E-state index < -0.39 is 0 Å². The topological polar surface area (TPSA) is 64.1 Å². The molecule has 1 heterocycles. The quantitative estimate of drug-likeness (QED) is 0.851. The molecule has 0 bridgehead atoms. The molecule has 0 radical (unpaired) electrons. The summed E-state index contributed by atoms with van der Waals surface area (Å²) in [7, 11) is 1.79. The summed E-state index contributed by atoms with van der Waals surface area (Å²) in [5, 5.41) is 14.4. The number of aromatic hydroxyl groups is 1. The Hall–Kier alpha value is -1.49. The van der Waals surface area contributed by atoms with Gasteiger partial charge in [0.1, 0.15) is 11.6 Å². The van der Waals surface area contributed by atoms with Crippen molar-refractivity contribution >= 4 is 21.7 Å². The van der Waals surface area contributed by atoms with E-state index in [1.807, 2.05) is 6.07 Å². The van der Waals surface area contributed by atoms with Crippen LogP contribution in [0.4, 0.5) is 5.82 Å². The Kier molecular flexibility index (Phi) is 2.59. The minimum Gasteiger partial charge on any atom is -0.506 e. The first-order valence-corrected chi connectivity index (χ1v) is 6.70. The molecule has 0 spiro atoms. The van der Waals surface area contributed by atoms with Gasteiger partial charge < -0.3 is 10.8 Å². The fourth-order valence-electron chi connectivity index (χ4n) is 2.54. The van der Waals surface area contributed by atoms with Crippen molar-refractivity contribution < 1.29 is 5.11 Å². The van der Waals surface area contributed by atoms with E-state index in [1.54, 1.807) is 17.9 Å². The lowest BCUT2D eigenvalue weighted by Crippen LogP contribution is -1.98. The summed E-state index contributed by atoms with van der Waals surface area (Å²) in [6, 6.07) is 2.04. The summed E-state index contributed by atoms with van der Waals surface area (Å²) >= 11 is 3.49. The van der Waals surface area contributed by atoms with Crippen LogP contribution in [0.5, 0.6) is 5.75 Å². The van der Waals surface area contributed by atoms with Crippen LogP contribution < -0.4 is 5.73 Å². The second-order valence-corrected chi connectivity index (χ2v) is 5.44. The molecular weight excluding hydrogens is 294 g/mol. The molecule has 3 N–H and O–H groups in total. The fourth-order valence-corrected chi connectivity index (χ4v) is 3.21. The zero-order valence-corrected chi connectivity index (χ0v) is 11.7. The molecule has 5 heteroatoms. The molecule has 0 saturated heterocycles. The molecule has 18 heavy (non-hydrogen) atoms. The Morgan fingerprint density at radius 2 is 2.17 bits per heavy atom. The third-order valence-electron chi connectivity index (χ3n) is 3.58. The molecule has 0 atom stereocenters. The van der Waals surface area contributed by atoms with Crippen LogP contribution in [0, 0.1) is 0 Å². The van der Waals surface area contributed by atoms with Gasteiger partial charge in [-0.2, -0.15) is 5.10 Å². The molecular formula is C13H14BrN3O. The molecule has 0 fully saturated rings. The van der Waals surface area contributed by atoms with Crippen LogP contribution in [-0.4, -0.2) is 14.9 Å². The number of phenols is 1. The Balaban J connectivity index is 2.25. The van der Waals surface area contributed by atoms with E-state index in [0.29, 0.717) is 5.82 Å². The summed E-state index contributed by atoms with van der Waals surface area (Å²) < 4.78 is 2.41. The van der Waals surface area contributed by atoms with Gasteiger partial charge in [-0.3, -0.25) is 4.68 Å². The molecule has 1 aliphatic rings. The molecule has 2 aromatic rings. The molecule has 0 unspecified atom stereocenters. The van der Waals surface area contributed by atoms with Crippen molar-refractivity contribution in [2.75, 3.05) is 5.73 Å². The van der Waals surface area contributed by atoms with E-state index in [0.717, 1.165) is 34.9 Å². The van der Waals surface area contributed by atoms with Crippen LogP contribution in [0.25, 0.3) is 11.1 Å². The highest BCUT2D eigenvalue weighted by Crippen LogP contribution is 2.43. The van der Waals surface area contributed by atoms with Gasteiger partial charge in [0, 0.05) is 18.2 Å². The molecule has 0 amide bonds. The third-order valence-corrected chi connectivity index (χ3v) is 4.44. The van der Waals surface area contributed by atoms with Crippen LogP contribution in [0.1, 0.15) is 17.5 Å². The number of benzene rings is 1. The molecule has 3 rings (SSSR count). The number of anilines is 1. The minimum absolute atomic E-state index is 0.260. The average Bonchev–Trinajstić information content (AvgIpc) is 2.93. The molecule has 94 valence electrons. The number of nitrogens with zero attached hydrogens (tertiary/aromatic N) is 2. The van der Waals surface area contributed by atoms with Crippen LogP contribution in [-0.2, 0) is 19.9 Å². The monoisotopic (exact) mass is 307 g/mol. The van der Waals surface area contributed by atoms with Crippen molar-refractivity contribution in [2.45, 2.75) is 19.3 Å². The van der Waals surface area contributed by atoms with Crippen molar-refractivity contribution in [1.29, 1.82) is 0 Å². The highest BCUT2D eigenvalue weighted by atomic mass is 79.9. The number of hydrogen-bond acceptors (Lipinski definition) is 3. The van der Waals surface area contributed by atoms with Crippen LogP contribution in [0.15, 0.2) is 16.7 Å². The lowest BCUT2D eigenvalue weighted by molar-refractivity contribution is 0.473. The number of hydrogen-bond donors (Lipinski definition) is 2. The summed E-state index contributed by atoms with van der Waals surface area (Å²) in [4.78, 5) is 0. The van der Waals surface area contributed by atoms with Crippen LogP contribution >= 0.6 is 15.9 Å².